The Morgan fingerprint density at radius 1 is 0.763 bits per heavy atom. The van der Waals surface area contributed by atoms with Crippen LogP contribution in [0.4, 0.5) is 15.8 Å². The fraction of sp³-hybridized carbons (Fsp3) is 0.552. The second-order valence-electron chi connectivity index (χ2n) is 11.3. The third kappa shape index (κ3) is 4.73. The Hall–Kier alpha value is -2.49. The lowest BCUT2D eigenvalue weighted by atomic mass is 9.77. The van der Waals surface area contributed by atoms with Crippen LogP contribution in [-0.4, -0.2) is 75.4 Å². The number of carbonyl (C=O) groups excluding carboxylic acids is 1. The zero-order valence-corrected chi connectivity index (χ0v) is 22.7. The molecule has 9 heteroatoms. The number of piperidine rings is 2. The number of hydrogen-bond donors (Lipinski definition) is 0. The zero-order chi connectivity index (χ0) is 26.3. The Bertz CT molecular complexity index is 1250. The standard InChI is InChI=1S/C29H37FN4O3S/c30-23-4-10-27(11-5-23)38(36,37)33-19-13-29(14-20-33)15-21-34(28(29)35)25-8-6-24(7-9-25)32-18-12-26(22-32)31-16-2-1-3-17-31/h4-11,26H,1-3,12-22H2/t26-/m0/s1. The minimum Gasteiger partial charge on any atom is -0.370 e. The molecule has 2 aromatic rings. The molecule has 1 atom stereocenters. The number of rotatable bonds is 5. The summed E-state index contributed by atoms with van der Waals surface area (Å²) >= 11 is 0. The van der Waals surface area contributed by atoms with Gasteiger partial charge in [0.05, 0.1) is 10.3 Å². The molecule has 4 aliphatic heterocycles. The Labute approximate surface area is 225 Å². The van der Waals surface area contributed by atoms with Crippen molar-refractivity contribution in [1.82, 2.24) is 9.21 Å². The molecule has 0 unspecified atom stereocenters. The van der Waals surface area contributed by atoms with Crippen molar-refractivity contribution < 1.29 is 17.6 Å². The quantitative estimate of drug-likeness (QED) is 0.572. The topological polar surface area (TPSA) is 64.2 Å². The molecule has 1 amide bonds. The van der Waals surface area contributed by atoms with Crippen LogP contribution in [0.5, 0.6) is 0 Å². The average molecular weight is 541 g/mol. The van der Waals surface area contributed by atoms with Crippen molar-refractivity contribution in [3.8, 4) is 0 Å². The fourth-order valence-corrected chi connectivity index (χ4v) is 8.28. The van der Waals surface area contributed by atoms with Gasteiger partial charge < -0.3 is 9.80 Å². The van der Waals surface area contributed by atoms with Crippen molar-refractivity contribution in [2.45, 2.75) is 55.9 Å². The molecule has 6 rings (SSSR count). The van der Waals surface area contributed by atoms with E-state index in [1.807, 2.05) is 4.90 Å². The molecule has 0 saturated carbocycles. The van der Waals surface area contributed by atoms with Gasteiger partial charge in [0.25, 0.3) is 0 Å². The Morgan fingerprint density at radius 3 is 2.08 bits per heavy atom. The summed E-state index contributed by atoms with van der Waals surface area (Å²) in [5.41, 5.74) is 1.63. The van der Waals surface area contributed by atoms with Crippen molar-refractivity contribution in [2.75, 3.05) is 55.6 Å². The number of amides is 1. The highest BCUT2D eigenvalue weighted by Gasteiger charge is 2.50. The van der Waals surface area contributed by atoms with Gasteiger partial charge in [0.2, 0.25) is 15.9 Å². The van der Waals surface area contributed by atoms with Gasteiger partial charge in [-0.15, -0.1) is 0 Å². The molecule has 0 bridgehead atoms. The van der Waals surface area contributed by atoms with E-state index in [1.165, 1.54) is 73.0 Å². The normalized spacial score (nSPS) is 25.0. The number of halogens is 1. The van der Waals surface area contributed by atoms with Gasteiger partial charge in [0.1, 0.15) is 5.82 Å². The van der Waals surface area contributed by atoms with E-state index in [1.54, 1.807) is 0 Å². The van der Waals surface area contributed by atoms with E-state index in [2.05, 4.69) is 34.1 Å². The number of likely N-dealkylation sites (tertiary alicyclic amines) is 1. The fourth-order valence-electron chi connectivity index (χ4n) is 6.84. The molecular formula is C29H37FN4O3S. The smallest absolute Gasteiger partial charge is 0.243 e. The van der Waals surface area contributed by atoms with Crippen LogP contribution >= 0.6 is 0 Å². The van der Waals surface area contributed by atoms with Crippen molar-refractivity contribution in [3.05, 3.63) is 54.3 Å². The third-order valence-electron chi connectivity index (χ3n) is 9.24. The maximum Gasteiger partial charge on any atom is 0.243 e. The molecule has 0 aliphatic carbocycles. The van der Waals surface area contributed by atoms with Crippen LogP contribution in [0.2, 0.25) is 0 Å². The monoisotopic (exact) mass is 540 g/mol. The summed E-state index contributed by atoms with van der Waals surface area (Å²) in [4.78, 5) is 20.7. The number of hydrogen-bond acceptors (Lipinski definition) is 5. The van der Waals surface area contributed by atoms with Crippen molar-refractivity contribution in [1.29, 1.82) is 0 Å². The molecule has 38 heavy (non-hydrogen) atoms. The minimum absolute atomic E-state index is 0.0922. The first-order valence-corrected chi connectivity index (χ1v) is 15.5. The predicted octanol–water partition coefficient (Wildman–Crippen LogP) is 4.10. The minimum atomic E-state index is -3.70. The second kappa shape index (κ2) is 10.2. The molecule has 4 saturated heterocycles. The van der Waals surface area contributed by atoms with Crippen molar-refractivity contribution in [2.24, 2.45) is 5.41 Å². The van der Waals surface area contributed by atoms with Crippen molar-refractivity contribution >= 4 is 27.3 Å². The van der Waals surface area contributed by atoms with Gasteiger partial charge in [-0.05, 0) is 100 Å². The number of sulfonamides is 1. The molecule has 0 aromatic heterocycles. The number of carbonyl (C=O) groups is 1. The van der Waals surface area contributed by atoms with Crippen molar-refractivity contribution in [3.63, 3.8) is 0 Å². The maximum atomic E-state index is 13.6. The number of nitrogens with zero attached hydrogens (tertiary/aromatic N) is 4. The van der Waals surface area contributed by atoms with E-state index in [4.69, 9.17) is 0 Å². The van der Waals surface area contributed by atoms with Crippen LogP contribution in [0.15, 0.2) is 53.4 Å². The van der Waals surface area contributed by atoms with E-state index in [0.29, 0.717) is 38.5 Å². The Balaban J connectivity index is 1.07. The molecule has 0 radical (unpaired) electrons. The highest BCUT2D eigenvalue weighted by molar-refractivity contribution is 7.89. The van der Waals surface area contributed by atoms with Gasteiger partial charge in [0, 0.05) is 50.1 Å². The lowest BCUT2D eigenvalue weighted by molar-refractivity contribution is -0.127. The summed E-state index contributed by atoms with van der Waals surface area (Å²) in [5.74, 6) is -0.358. The highest BCUT2D eigenvalue weighted by Crippen LogP contribution is 2.44. The van der Waals surface area contributed by atoms with Crippen LogP contribution in [0.3, 0.4) is 0 Å². The first kappa shape index (κ1) is 25.8. The lowest BCUT2D eigenvalue weighted by Gasteiger charge is -2.37. The van der Waals surface area contributed by atoms with E-state index < -0.39 is 21.3 Å². The van der Waals surface area contributed by atoms with Crippen LogP contribution in [0.25, 0.3) is 0 Å². The van der Waals surface area contributed by atoms with E-state index >= 15 is 0 Å². The molecule has 2 aromatic carbocycles. The SMILES string of the molecule is O=C1N(c2ccc(N3CC[C@H](N4CCCCC4)C3)cc2)CCC12CCN(S(=O)(=O)c1ccc(F)cc1)CC2. The Kier molecular flexibility index (Phi) is 6.95. The van der Waals surface area contributed by atoms with Crippen LogP contribution < -0.4 is 9.80 Å². The highest BCUT2D eigenvalue weighted by atomic mass is 32.2. The molecular weight excluding hydrogens is 503 g/mol. The zero-order valence-electron chi connectivity index (χ0n) is 21.9. The van der Waals surface area contributed by atoms with Crippen LogP contribution in [0.1, 0.15) is 44.9 Å². The largest absolute Gasteiger partial charge is 0.370 e. The van der Waals surface area contributed by atoms with Crippen LogP contribution in [-0.2, 0) is 14.8 Å². The number of benzene rings is 2. The lowest BCUT2D eigenvalue weighted by Crippen LogP contribution is -2.46. The molecule has 7 nitrogen and oxygen atoms in total. The predicted molar refractivity (Wildman–Crippen MR) is 146 cm³/mol. The second-order valence-corrected chi connectivity index (χ2v) is 13.3. The van der Waals surface area contributed by atoms with Gasteiger partial charge in [-0.1, -0.05) is 6.42 Å². The molecule has 4 aliphatic rings. The molecule has 4 fully saturated rings. The van der Waals surface area contributed by atoms with E-state index in [0.717, 1.165) is 25.2 Å². The summed E-state index contributed by atoms with van der Waals surface area (Å²) in [5, 5.41) is 0. The molecule has 1 spiro atoms. The number of anilines is 2. The summed E-state index contributed by atoms with van der Waals surface area (Å²) < 4.78 is 40.7. The molecule has 0 N–H and O–H groups in total. The van der Waals surface area contributed by atoms with Crippen LogP contribution in [0, 0.1) is 11.2 Å². The van der Waals surface area contributed by atoms with Gasteiger partial charge in [0.15, 0.2) is 0 Å². The van der Waals surface area contributed by atoms with Gasteiger partial charge in [-0.3, -0.25) is 9.69 Å². The van der Waals surface area contributed by atoms with E-state index in [-0.39, 0.29) is 10.8 Å². The summed E-state index contributed by atoms with van der Waals surface area (Å²) in [6.45, 7) is 5.85. The summed E-state index contributed by atoms with van der Waals surface area (Å²) in [6.07, 6.45) is 6.96. The molecule has 4 heterocycles. The van der Waals surface area contributed by atoms with Gasteiger partial charge >= 0.3 is 0 Å². The average Bonchev–Trinajstić information content (AvgIpc) is 3.56. The summed E-state index contributed by atoms with van der Waals surface area (Å²) in [7, 11) is -3.70. The molecule has 204 valence electrons. The first-order valence-electron chi connectivity index (χ1n) is 14.0. The Morgan fingerprint density at radius 2 is 1.39 bits per heavy atom. The maximum absolute atomic E-state index is 13.6. The summed E-state index contributed by atoms with van der Waals surface area (Å²) in [6, 6.07) is 14.0. The van der Waals surface area contributed by atoms with Gasteiger partial charge in [-0.2, -0.15) is 4.31 Å². The third-order valence-corrected chi connectivity index (χ3v) is 11.2. The van der Waals surface area contributed by atoms with Gasteiger partial charge in [-0.25, -0.2) is 12.8 Å². The first-order chi connectivity index (χ1) is 18.4. The van der Waals surface area contributed by atoms with E-state index in [9.17, 15) is 17.6 Å².